The second-order valence-corrected chi connectivity index (χ2v) is 43.1. The number of hydrogen-bond donors (Lipinski definition) is 9. The number of nitrogens with one attached hydrogen (secondary N) is 6. The van der Waals surface area contributed by atoms with Gasteiger partial charge in [-0.3, -0.25) is 43.5 Å². The SMILES string of the molecule is CN(C(=O)OC(C)(C)C)c1cc(Cl)nc2c(C(=O)NC3[C@H]4COC[C@@H]34)cnn12.CN(C(=O)OC(C)(C)C)c1cc(Cl)nc2c(C(=O)O)cnn12.CN(C(=O)OC(C)(C)C)c1cc(Nc2cc(Cl)cn(C3CCCOC3)c2=O)nc2c(C(=O)NC3[C@H]4COC[C@@H]34)cnn12.CNc1cc(Nc2cc(Cl)cn(C3CCCOC3)c2=O)nc2c(C(=O)NC3[C@H]4COC[C@@H]34)cnn12.NC1[C@H]2COC[C@@H]12.Nc1cc(Cl)cn(C2CCCOC2)c1=O. The summed E-state index contributed by atoms with van der Waals surface area (Å²) in [5.41, 5.74) is 10.7. The number of aromatic nitrogens is 15. The summed E-state index contributed by atoms with van der Waals surface area (Å²) in [6.45, 7) is 25.3. The van der Waals surface area contributed by atoms with Crippen molar-refractivity contribution in [1.29, 1.82) is 0 Å². The third kappa shape index (κ3) is 24.7. The van der Waals surface area contributed by atoms with Gasteiger partial charge in [-0.15, -0.1) is 0 Å². The molecule has 11 N–H and O–H groups in total. The second-order valence-electron chi connectivity index (χ2n) is 41.0. The van der Waals surface area contributed by atoms with Gasteiger partial charge in [0.25, 0.3) is 34.4 Å². The van der Waals surface area contributed by atoms with E-state index in [-0.39, 0.29) is 138 Å². The van der Waals surface area contributed by atoms with Crippen LogP contribution < -0.4 is 74.7 Å². The highest BCUT2D eigenvalue weighted by atomic mass is 35.5. The van der Waals surface area contributed by atoms with Crippen molar-refractivity contribution in [2.45, 2.75) is 160 Å². The highest BCUT2D eigenvalue weighted by Crippen LogP contribution is 2.48. The van der Waals surface area contributed by atoms with Crippen molar-refractivity contribution >= 4 is 175 Å². The number of carbonyl (C=O) groups excluding carboxylic acids is 6. The van der Waals surface area contributed by atoms with Gasteiger partial charge in [-0.25, -0.2) is 39.1 Å². The monoisotopic (exact) mass is 2160 g/mol. The van der Waals surface area contributed by atoms with Gasteiger partial charge in [-0.05, 0) is 119 Å². The highest BCUT2D eigenvalue weighted by Gasteiger charge is 2.57. The first-order valence-electron chi connectivity index (χ1n) is 48.8. The minimum absolute atomic E-state index is 0.0418. The number of halogens is 5. The summed E-state index contributed by atoms with van der Waals surface area (Å²) in [5.74, 6) is 3.71. The lowest BCUT2D eigenvalue weighted by Gasteiger charge is -2.25. The van der Waals surface area contributed by atoms with Gasteiger partial charge in [-0.2, -0.15) is 38.5 Å². The summed E-state index contributed by atoms with van der Waals surface area (Å²) in [7, 11) is 6.31. The summed E-state index contributed by atoms with van der Waals surface area (Å²) in [6, 6.07) is 11.4. The molecule has 7 unspecified atom stereocenters. The lowest BCUT2D eigenvalue weighted by molar-refractivity contribution is 0.0577. The molecule has 4 saturated carbocycles. The van der Waals surface area contributed by atoms with Gasteiger partial charge in [0.15, 0.2) is 22.6 Å². The average molecular weight is 2160 g/mol. The van der Waals surface area contributed by atoms with E-state index in [1.165, 1.54) is 85.2 Å². The normalized spacial score (nSPS) is 23.5. The predicted octanol–water partition coefficient (Wildman–Crippen LogP) is 11.0. The quantitative estimate of drug-likeness (QED) is 0.0284. The van der Waals surface area contributed by atoms with Gasteiger partial charge in [0.2, 0.25) is 0 Å². The van der Waals surface area contributed by atoms with E-state index in [2.05, 4.69) is 72.2 Å². The van der Waals surface area contributed by atoms with Crippen LogP contribution >= 0.6 is 58.0 Å². The minimum Gasteiger partial charge on any atom is -0.477 e. The largest absolute Gasteiger partial charge is 0.477 e. The maximum Gasteiger partial charge on any atom is 0.415 e. The Hall–Kier alpha value is -12.7. The molecule has 11 aromatic rings. The van der Waals surface area contributed by atoms with Crippen molar-refractivity contribution in [2.75, 3.05) is 157 Å². The van der Waals surface area contributed by atoms with Crippen molar-refractivity contribution in [2.24, 2.45) is 53.1 Å². The summed E-state index contributed by atoms with van der Waals surface area (Å²) in [6.07, 6.45) is 13.8. The van der Waals surface area contributed by atoms with Crippen molar-refractivity contribution in [1.82, 2.24) is 88.0 Å². The van der Waals surface area contributed by atoms with Crippen molar-refractivity contribution in [3.8, 4) is 0 Å². The average Bonchev–Trinajstić information content (AvgIpc) is 1.59. The molecule has 4 aliphatic carbocycles. The fourth-order valence-corrected chi connectivity index (χ4v) is 19.8. The molecule has 18 heterocycles. The Bertz CT molecular complexity index is 7060. The van der Waals surface area contributed by atoms with Gasteiger partial charge < -0.3 is 110 Å². The number of carboxylic acid groups (broad SMARTS) is 1. The van der Waals surface area contributed by atoms with Crippen LogP contribution in [0.25, 0.3) is 22.6 Å². The van der Waals surface area contributed by atoms with Crippen LogP contribution in [-0.2, 0) is 47.4 Å². The van der Waals surface area contributed by atoms with E-state index in [1.807, 2.05) is 0 Å². The standard InChI is InChI=1S/C28H34ClN7O6.C23H26ClN7O4.C18H22ClN5O4.C13H15ClN4O4.C10H13ClN2O2.C5H9NO/c1-28(2,3)42-27(39)34(4)22-9-21(31-20-8-15(29)11-35(26(20)38)16-6-5-7-40-12-16)32-24-17(10-30-36(22)24)25(37)33-23-18-13-41-14-19(18)23;1-25-19-6-18(27-17-5-12(24)8-30(23(17)33)13-3-2-4-34-9-13)28-21-14(7-26-31(19)21)22(32)29-20-15-10-35-11-16(15)20;1-18(2,3)28-17(26)23(4)13-5-12(19)21-15-9(6-20-24(13)15)16(25)22-14-10-7-27-8-11(10)14;1-13(2,3)22-12(21)17(4)9-5-8(14)16-10-7(11(19)20)6-15-18(9)10;11-7-4-9(12)10(14)13(5-7)8-2-1-3-15-6-8;6-5-3-1-7-2-4(3)5/h8-11,16,18-19,23H,5-7,12-14H2,1-4H3,(H,31,32)(H,33,37);5-8,13,15-16,20,25H,2-4,9-11H2,1H3,(H,27,28)(H,29,32);5-6,10-11,14H,7-8H2,1-4H3,(H,22,25);5-6H,1-4H3,(H,19,20);4-5,8H,1-3,6,12H2;3-5H,1-2,6H2/t16?,18-,19+,23?;13?,15-,16+,20?;10-,11+,14?;;;3-,4+,5?. The van der Waals surface area contributed by atoms with E-state index in [0.717, 1.165) is 76.4 Å². The molecule has 0 radical (unpaired) electrons. The topological polar surface area (TPSA) is 553 Å². The first-order valence-corrected chi connectivity index (χ1v) is 50.7. The van der Waals surface area contributed by atoms with Crippen LogP contribution in [0.3, 0.4) is 0 Å². The second kappa shape index (κ2) is 44.5. The van der Waals surface area contributed by atoms with Crippen LogP contribution in [-0.4, -0.2) is 281 Å². The van der Waals surface area contributed by atoms with E-state index < -0.39 is 41.1 Å². The maximum atomic E-state index is 13.5. The first kappa shape index (κ1) is 108. The smallest absolute Gasteiger partial charge is 0.415 e. The van der Waals surface area contributed by atoms with E-state index in [4.69, 9.17) is 122 Å². The Kier molecular flexibility index (Phi) is 32.1. The van der Waals surface area contributed by atoms with Gasteiger partial charge in [-0.1, -0.05) is 58.0 Å². The van der Waals surface area contributed by atoms with Crippen molar-refractivity contribution in [3.63, 3.8) is 0 Å². The number of anilines is 9. The van der Waals surface area contributed by atoms with E-state index in [1.54, 1.807) is 131 Å². The zero-order chi connectivity index (χ0) is 106. The molecule has 11 aromatic heterocycles. The number of rotatable bonds is 18. The number of aromatic carboxylic acids is 1. The highest BCUT2D eigenvalue weighted by molar-refractivity contribution is 6.32. The molecule has 0 bridgehead atoms. The molecule has 0 aromatic carbocycles. The van der Waals surface area contributed by atoms with Gasteiger partial charge in [0.1, 0.15) is 95.6 Å². The number of ether oxygens (including phenoxy) is 10. The molecule has 7 aliphatic heterocycles. The molecular weight excluding hydrogens is 2040 g/mol. The first-order chi connectivity index (χ1) is 70.9. The van der Waals surface area contributed by atoms with Crippen LogP contribution in [0.1, 0.15) is 160 Å². The molecule has 6 amide bonds. The Balaban J connectivity index is 0.000000129. The lowest BCUT2D eigenvalue weighted by atomic mass is 10.1. The lowest BCUT2D eigenvalue weighted by Crippen LogP contribution is -2.35. The van der Waals surface area contributed by atoms with E-state index in [9.17, 15) is 47.9 Å². The van der Waals surface area contributed by atoms with Crippen molar-refractivity contribution < 1.29 is 86.0 Å². The van der Waals surface area contributed by atoms with E-state index >= 15 is 0 Å². The van der Waals surface area contributed by atoms with Crippen LogP contribution in [0.4, 0.5) is 66.4 Å². The number of nitrogen functional groups attached to an aromatic ring is 1. The van der Waals surface area contributed by atoms with Gasteiger partial charge >= 0.3 is 24.2 Å². The molecule has 11 fully saturated rings. The summed E-state index contributed by atoms with van der Waals surface area (Å²) in [4.78, 5) is 148. The molecule has 798 valence electrons. The molecule has 149 heavy (non-hydrogen) atoms. The molecule has 0 spiro atoms. The zero-order valence-electron chi connectivity index (χ0n) is 84.1. The van der Waals surface area contributed by atoms with Crippen LogP contribution in [0.5, 0.6) is 0 Å². The fourth-order valence-electron chi connectivity index (χ4n) is 18.8. The number of amides is 6. The molecule has 15 atom stereocenters. The van der Waals surface area contributed by atoms with Gasteiger partial charge in [0, 0.05) is 162 Å². The van der Waals surface area contributed by atoms with Crippen LogP contribution in [0.2, 0.25) is 25.4 Å². The summed E-state index contributed by atoms with van der Waals surface area (Å²) in [5, 5.41) is 45.9. The van der Waals surface area contributed by atoms with Crippen molar-refractivity contribution in [3.05, 3.63) is 165 Å². The third-order valence-electron chi connectivity index (χ3n) is 27.0. The Labute approximate surface area is 878 Å². The molecule has 47 nitrogen and oxygen atoms in total. The maximum absolute atomic E-state index is 13.5. The predicted molar refractivity (Wildman–Crippen MR) is 551 cm³/mol. The number of carbonyl (C=O) groups is 7. The van der Waals surface area contributed by atoms with Crippen LogP contribution in [0.15, 0.2) is 100 Å². The number of fused-ring (bicyclic) bond motifs is 8. The zero-order valence-corrected chi connectivity index (χ0v) is 87.9. The number of carboxylic acids is 1. The summed E-state index contributed by atoms with van der Waals surface area (Å²) >= 11 is 30.7. The Morgan fingerprint density at radius 2 is 0.718 bits per heavy atom. The molecular formula is C97H119Cl5N26O21. The minimum atomic E-state index is -1.18. The number of hydrogen-bond acceptors (Lipinski definition) is 33. The molecule has 7 saturated heterocycles. The fraction of sp³-hybridized carbons (Fsp3) is 0.526. The number of nitrogens with two attached hydrogens (primary N) is 2. The number of nitrogens with zero attached hydrogens (tertiary/aromatic N) is 18. The van der Waals surface area contributed by atoms with Crippen LogP contribution in [0, 0.1) is 47.3 Å². The summed E-state index contributed by atoms with van der Waals surface area (Å²) < 4.78 is 64.3. The number of pyridine rings is 3. The third-order valence-corrected chi connectivity index (χ3v) is 28.0. The van der Waals surface area contributed by atoms with E-state index in [0.29, 0.717) is 169 Å². The molecule has 52 heteroatoms. The Morgan fingerprint density at radius 1 is 0.409 bits per heavy atom. The Morgan fingerprint density at radius 3 is 1.05 bits per heavy atom. The molecule has 22 rings (SSSR count). The van der Waals surface area contributed by atoms with Gasteiger partial charge in [0.05, 0.1) is 136 Å². The molecule has 11 aliphatic rings.